The molecule has 3 aromatic carbocycles. The normalized spacial score (nSPS) is 10.8. The van der Waals surface area contributed by atoms with E-state index in [1.807, 2.05) is 49.4 Å². The minimum atomic E-state index is -0.335. The molecular weight excluding hydrogens is 510 g/mol. The van der Waals surface area contributed by atoms with Gasteiger partial charge >= 0.3 is 0 Å². The standard InChI is InChI=1S/C24H22FIN2O3/c1-2-30-23-13-19(7-12-22(23)31-16-18-5-10-21(26)11-6-18)15-27-28-24(29)14-17-3-8-20(25)9-4-17/h3-13,15H,2,14,16H2,1H3,(H,28,29)/b27-15+. The van der Waals surface area contributed by atoms with Crippen molar-refractivity contribution in [2.24, 2.45) is 5.10 Å². The van der Waals surface area contributed by atoms with E-state index in [4.69, 9.17) is 9.47 Å². The summed E-state index contributed by atoms with van der Waals surface area (Å²) < 4.78 is 25.7. The second kappa shape index (κ2) is 11.5. The van der Waals surface area contributed by atoms with Crippen LogP contribution in [-0.4, -0.2) is 18.7 Å². The van der Waals surface area contributed by atoms with Crippen molar-refractivity contribution in [2.45, 2.75) is 20.0 Å². The molecule has 0 atom stereocenters. The zero-order valence-corrected chi connectivity index (χ0v) is 19.1. The molecule has 1 N–H and O–H groups in total. The molecule has 0 spiro atoms. The Hall–Kier alpha value is -2.94. The van der Waals surface area contributed by atoms with Crippen LogP contribution >= 0.6 is 22.6 Å². The summed E-state index contributed by atoms with van der Waals surface area (Å²) in [5.41, 5.74) is 5.01. The van der Waals surface area contributed by atoms with Gasteiger partial charge in [-0.2, -0.15) is 5.10 Å². The molecule has 0 saturated heterocycles. The van der Waals surface area contributed by atoms with Crippen molar-refractivity contribution < 1.29 is 18.7 Å². The van der Waals surface area contributed by atoms with Crippen LogP contribution in [0.1, 0.15) is 23.6 Å². The van der Waals surface area contributed by atoms with E-state index in [9.17, 15) is 9.18 Å². The molecule has 0 bridgehead atoms. The Morgan fingerprint density at radius 1 is 1.00 bits per heavy atom. The van der Waals surface area contributed by atoms with Crippen molar-refractivity contribution in [1.82, 2.24) is 5.43 Å². The number of hydrogen-bond acceptors (Lipinski definition) is 4. The second-order valence-electron chi connectivity index (χ2n) is 6.65. The Balaban J connectivity index is 1.59. The number of nitrogens with zero attached hydrogens (tertiary/aromatic N) is 1. The van der Waals surface area contributed by atoms with Gasteiger partial charge in [0.05, 0.1) is 19.2 Å². The molecule has 0 aromatic heterocycles. The number of amides is 1. The number of ether oxygens (including phenoxy) is 2. The predicted molar refractivity (Wildman–Crippen MR) is 127 cm³/mol. The van der Waals surface area contributed by atoms with E-state index < -0.39 is 0 Å². The van der Waals surface area contributed by atoms with Crippen molar-refractivity contribution in [3.05, 3.63) is 92.8 Å². The van der Waals surface area contributed by atoms with Crippen LogP contribution < -0.4 is 14.9 Å². The number of rotatable bonds is 9. The highest BCUT2D eigenvalue weighted by Crippen LogP contribution is 2.29. The molecule has 0 aliphatic rings. The molecule has 0 radical (unpaired) electrons. The number of carbonyl (C=O) groups excluding carboxylic acids is 1. The summed E-state index contributed by atoms with van der Waals surface area (Å²) in [6, 6.07) is 19.4. The molecule has 160 valence electrons. The summed E-state index contributed by atoms with van der Waals surface area (Å²) in [4.78, 5) is 12.0. The molecular formula is C24H22FIN2O3. The average Bonchev–Trinajstić information content (AvgIpc) is 2.76. The van der Waals surface area contributed by atoms with Crippen LogP contribution in [0.4, 0.5) is 4.39 Å². The first-order valence-corrected chi connectivity index (χ1v) is 10.8. The van der Waals surface area contributed by atoms with E-state index in [0.717, 1.165) is 11.1 Å². The minimum absolute atomic E-state index is 0.118. The van der Waals surface area contributed by atoms with Crippen LogP contribution in [-0.2, 0) is 17.8 Å². The van der Waals surface area contributed by atoms with Crippen LogP contribution in [0.3, 0.4) is 0 Å². The fourth-order valence-electron chi connectivity index (χ4n) is 2.74. The lowest BCUT2D eigenvalue weighted by Gasteiger charge is -2.12. The maximum absolute atomic E-state index is 12.9. The van der Waals surface area contributed by atoms with Gasteiger partial charge in [0, 0.05) is 3.57 Å². The summed E-state index contributed by atoms with van der Waals surface area (Å²) in [6.45, 7) is 2.83. The molecule has 3 rings (SSSR count). The first-order chi connectivity index (χ1) is 15.0. The van der Waals surface area contributed by atoms with Crippen molar-refractivity contribution in [3.8, 4) is 11.5 Å². The molecule has 3 aromatic rings. The summed E-state index contributed by atoms with van der Waals surface area (Å²) in [6.07, 6.45) is 1.65. The Kier molecular flexibility index (Phi) is 8.40. The average molecular weight is 532 g/mol. The third-order valence-electron chi connectivity index (χ3n) is 4.26. The lowest BCUT2D eigenvalue weighted by Crippen LogP contribution is -2.19. The molecule has 0 saturated carbocycles. The van der Waals surface area contributed by atoms with Gasteiger partial charge in [-0.25, -0.2) is 9.82 Å². The number of benzene rings is 3. The van der Waals surface area contributed by atoms with Crippen molar-refractivity contribution >= 4 is 34.7 Å². The van der Waals surface area contributed by atoms with Gasteiger partial charge in [-0.15, -0.1) is 0 Å². The first kappa shape index (κ1) is 22.7. The van der Waals surface area contributed by atoms with Gasteiger partial charge in [-0.05, 0) is 88.7 Å². The monoisotopic (exact) mass is 532 g/mol. The number of nitrogens with one attached hydrogen (secondary N) is 1. The predicted octanol–water partition coefficient (Wildman–Crippen LogP) is 5.10. The van der Waals surface area contributed by atoms with Crippen LogP contribution in [0, 0.1) is 9.39 Å². The molecule has 1 amide bonds. The third-order valence-corrected chi connectivity index (χ3v) is 4.98. The van der Waals surface area contributed by atoms with Gasteiger partial charge in [0.15, 0.2) is 11.5 Å². The van der Waals surface area contributed by atoms with Crippen LogP contribution in [0.25, 0.3) is 0 Å². The third kappa shape index (κ3) is 7.36. The summed E-state index contributed by atoms with van der Waals surface area (Å²) in [7, 11) is 0. The topological polar surface area (TPSA) is 59.9 Å². The fourth-order valence-corrected chi connectivity index (χ4v) is 3.10. The largest absolute Gasteiger partial charge is 0.490 e. The van der Waals surface area contributed by atoms with Gasteiger partial charge in [0.25, 0.3) is 0 Å². The van der Waals surface area contributed by atoms with Crippen LogP contribution in [0.5, 0.6) is 11.5 Å². The van der Waals surface area contributed by atoms with Crippen molar-refractivity contribution in [1.29, 1.82) is 0 Å². The Labute approximate surface area is 194 Å². The van der Waals surface area contributed by atoms with Gasteiger partial charge < -0.3 is 9.47 Å². The van der Waals surface area contributed by atoms with E-state index in [1.165, 1.54) is 21.9 Å². The first-order valence-electron chi connectivity index (χ1n) is 9.74. The quantitative estimate of drug-likeness (QED) is 0.237. The van der Waals surface area contributed by atoms with E-state index in [1.54, 1.807) is 12.1 Å². The lowest BCUT2D eigenvalue weighted by atomic mass is 10.1. The van der Waals surface area contributed by atoms with Crippen molar-refractivity contribution in [2.75, 3.05) is 6.61 Å². The Morgan fingerprint density at radius 3 is 2.42 bits per heavy atom. The lowest BCUT2D eigenvalue weighted by molar-refractivity contribution is -0.120. The highest BCUT2D eigenvalue weighted by molar-refractivity contribution is 14.1. The maximum Gasteiger partial charge on any atom is 0.244 e. The van der Waals surface area contributed by atoms with E-state index >= 15 is 0 Å². The molecule has 5 nitrogen and oxygen atoms in total. The van der Waals surface area contributed by atoms with Gasteiger partial charge in [0.1, 0.15) is 12.4 Å². The Bertz CT molecular complexity index is 1040. The number of hydrogen-bond donors (Lipinski definition) is 1. The fraction of sp³-hybridized carbons (Fsp3) is 0.167. The van der Waals surface area contributed by atoms with E-state index in [0.29, 0.717) is 30.3 Å². The molecule has 0 fully saturated rings. The van der Waals surface area contributed by atoms with Gasteiger partial charge in [-0.1, -0.05) is 24.3 Å². The smallest absolute Gasteiger partial charge is 0.244 e. The van der Waals surface area contributed by atoms with Crippen LogP contribution in [0.2, 0.25) is 0 Å². The highest BCUT2D eigenvalue weighted by Gasteiger charge is 2.07. The minimum Gasteiger partial charge on any atom is -0.490 e. The van der Waals surface area contributed by atoms with Crippen molar-refractivity contribution in [3.63, 3.8) is 0 Å². The highest BCUT2D eigenvalue weighted by atomic mass is 127. The molecule has 7 heteroatoms. The SMILES string of the molecule is CCOc1cc(/C=N/NC(=O)Cc2ccc(F)cc2)ccc1OCc1ccc(I)cc1. The zero-order chi connectivity index (χ0) is 22.1. The zero-order valence-electron chi connectivity index (χ0n) is 17.0. The summed E-state index contributed by atoms with van der Waals surface area (Å²) >= 11 is 2.26. The second-order valence-corrected chi connectivity index (χ2v) is 7.90. The van der Waals surface area contributed by atoms with E-state index in [2.05, 4.69) is 33.1 Å². The molecule has 31 heavy (non-hydrogen) atoms. The summed E-state index contributed by atoms with van der Waals surface area (Å²) in [5.74, 6) is 0.621. The molecule has 0 unspecified atom stereocenters. The Morgan fingerprint density at radius 2 is 1.71 bits per heavy atom. The summed E-state index contributed by atoms with van der Waals surface area (Å²) in [5, 5.41) is 3.99. The van der Waals surface area contributed by atoms with Gasteiger partial charge in [-0.3, -0.25) is 4.79 Å². The molecule has 0 aliphatic carbocycles. The van der Waals surface area contributed by atoms with Gasteiger partial charge in [0.2, 0.25) is 5.91 Å². The number of halogens is 2. The number of carbonyl (C=O) groups is 1. The van der Waals surface area contributed by atoms with Crippen LogP contribution in [0.15, 0.2) is 71.8 Å². The number of hydrazone groups is 1. The molecule has 0 heterocycles. The molecule has 0 aliphatic heterocycles. The van der Waals surface area contributed by atoms with E-state index in [-0.39, 0.29) is 18.1 Å². The maximum atomic E-state index is 12.9.